The number of nitrogens with zero attached hydrogens (tertiary/aromatic N) is 1. The van der Waals surface area contributed by atoms with E-state index in [0.29, 0.717) is 11.4 Å². The highest BCUT2D eigenvalue weighted by Gasteiger charge is 2.14. The SMILES string of the molecule is Cc1ccc(NC(=O)COC(=O)c2cc(-c3ccccc3)n[nH]2)cc1C. The third kappa shape index (κ3) is 4.16. The van der Waals surface area contributed by atoms with Crippen LogP contribution in [0.1, 0.15) is 21.6 Å². The van der Waals surface area contributed by atoms with E-state index in [-0.39, 0.29) is 12.3 Å². The largest absolute Gasteiger partial charge is 0.451 e. The lowest BCUT2D eigenvalue weighted by atomic mass is 10.1. The molecule has 3 aromatic rings. The van der Waals surface area contributed by atoms with Gasteiger partial charge in [0.05, 0.1) is 5.69 Å². The van der Waals surface area contributed by atoms with Crippen LogP contribution in [0.25, 0.3) is 11.3 Å². The number of hydrogen-bond donors (Lipinski definition) is 2. The van der Waals surface area contributed by atoms with Gasteiger partial charge in [-0.2, -0.15) is 5.10 Å². The molecule has 0 radical (unpaired) electrons. The summed E-state index contributed by atoms with van der Waals surface area (Å²) >= 11 is 0. The minimum absolute atomic E-state index is 0.197. The molecule has 3 rings (SSSR count). The highest BCUT2D eigenvalue weighted by atomic mass is 16.5. The topological polar surface area (TPSA) is 84.1 Å². The Morgan fingerprint density at radius 3 is 2.54 bits per heavy atom. The highest BCUT2D eigenvalue weighted by Crippen LogP contribution is 2.17. The quantitative estimate of drug-likeness (QED) is 0.691. The van der Waals surface area contributed by atoms with Crippen LogP contribution in [0.3, 0.4) is 0 Å². The standard InChI is InChI=1S/C20H19N3O3/c1-13-8-9-16(10-14(13)2)21-19(24)12-26-20(25)18-11-17(22-23-18)15-6-4-3-5-7-15/h3-11H,12H2,1-2H3,(H,21,24)(H,22,23). The minimum Gasteiger partial charge on any atom is -0.451 e. The van der Waals surface area contributed by atoms with Gasteiger partial charge in [0.1, 0.15) is 5.69 Å². The van der Waals surface area contributed by atoms with Crippen LogP contribution in [0.15, 0.2) is 54.6 Å². The van der Waals surface area contributed by atoms with Crippen molar-refractivity contribution in [1.29, 1.82) is 0 Å². The summed E-state index contributed by atoms with van der Waals surface area (Å²) in [6.45, 7) is 3.59. The van der Waals surface area contributed by atoms with E-state index < -0.39 is 11.9 Å². The van der Waals surface area contributed by atoms with Crippen molar-refractivity contribution in [3.63, 3.8) is 0 Å². The van der Waals surface area contributed by atoms with E-state index in [4.69, 9.17) is 4.74 Å². The fraction of sp³-hybridized carbons (Fsp3) is 0.150. The van der Waals surface area contributed by atoms with Crippen molar-refractivity contribution in [3.8, 4) is 11.3 Å². The first-order valence-corrected chi connectivity index (χ1v) is 8.18. The van der Waals surface area contributed by atoms with Gasteiger partial charge in [-0.25, -0.2) is 4.79 Å². The van der Waals surface area contributed by atoms with Gasteiger partial charge in [0.15, 0.2) is 6.61 Å². The number of aryl methyl sites for hydroxylation is 2. The molecule has 0 spiro atoms. The Bertz CT molecular complexity index is 932. The van der Waals surface area contributed by atoms with Crippen LogP contribution >= 0.6 is 0 Å². The van der Waals surface area contributed by atoms with Crippen LogP contribution < -0.4 is 5.32 Å². The number of aromatic nitrogens is 2. The van der Waals surface area contributed by atoms with Gasteiger partial charge in [0.25, 0.3) is 5.91 Å². The maximum absolute atomic E-state index is 12.1. The van der Waals surface area contributed by atoms with Crippen molar-refractivity contribution in [1.82, 2.24) is 10.2 Å². The average Bonchev–Trinajstić information content (AvgIpc) is 3.14. The van der Waals surface area contributed by atoms with Crippen molar-refractivity contribution >= 4 is 17.6 Å². The minimum atomic E-state index is -0.630. The van der Waals surface area contributed by atoms with Crippen molar-refractivity contribution in [2.75, 3.05) is 11.9 Å². The predicted molar refractivity (Wildman–Crippen MR) is 98.9 cm³/mol. The number of benzene rings is 2. The number of aromatic amines is 1. The molecule has 6 nitrogen and oxygen atoms in total. The fourth-order valence-corrected chi connectivity index (χ4v) is 2.41. The van der Waals surface area contributed by atoms with E-state index in [1.54, 1.807) is 6.07 Å². The van der Waals surface area contributed by atoms with Crippen LogP contribution in [0.2, 0.25) is 0 Å². The zero-order chi connectivity index (χ0) is 18.5. The lowest BCUT2D eigenvalue weighted by Crippen LogP contribution is -2.21. The number of hydrogen-bond acceptors (Lipinski definition) is 4. The molecular weight excluding hydrogens is 330 g/mol. The summed E-state index contributed by atoms with van der Waals surface area (Å²) in [5.74, 6) is -1.03. The number of amides is 1. The van der Waals surface area contributed by atoms with Gasteiger partial charge in [0.2, 0.25) is 0 Å². The summed E-state index contributed by atoms with van der Waals surface area (Å²) in [7, 11) is 0. The van der Waals surface area contributed by atoms with E-state index in [1.165, 1.54) is 0 Å². The van der Waals surface area contributed by atoms with Crippen molar-refractivity contribution in [3.05, 3.63) is 71.4 Å². The molecule has 1 aromatic heterocycles. The molecule has 132 valence electrons. The van der Waals surface area contributed by atoms with Crippen LogP contribution in [0.5, 0.6) is 0 Å². The normalized spacial score (nSPS) is 10.4. The fourth-order valence-electron chi connectivity index (χ4n) is 2.41. The summed E-state index contributed by atoms with van der Waals surface area (Å²) in [6.07, 6.45) is 0. The molecule has 0 atom stereocenters. The van der Waals surface area contributed by atoms with E-state index in [2.05, 4.69) is 15.5 Å². The number of esters is 1. The molecule has 0 unspecified atom stereocenters. The van der Waals surface area contributed by atoms with Crippen molar-refractivity contribution in [2.45, 2.75) is 13.8 Å². The number of nitrogens with one attached hydrogen (secondary N) is 2. The van der Waals surface area contributed by atoms with Crippen LogP contribution in [0, 0.1) is 13.8 Å². The first-order chi connectivity index (χ1) is 12.5. The number of carbonyl (C=O) groups is 2. The maximum Gasteiger partial charge on any atom is 0.356 e. The van der Waals surface area contributed by atoms with Crippen LogP contribution in [-0.2, 0) is 9.53 Å². The molecule has 1 amide bonds. The lowest BCUT2D eigenvalue weighted by Gasteiger charge is -2.08. The Labute approximate surface area is 151 Å². The second-order valence-corrected chi connectivity index (χ2v) is 5.96. The van der Waals surface area contributed by atoms with Gasteiger partial charge in [-0.3, -0.25) is 9.89 Å². The lowest BCUT2D eigenvalue weighted by molar-refractivity contribution is -0.119. The zero-order valence-electron chi connectivity index (χ0n) is 14.6. The number of ether oxygens (including phenoxy) is 1. The van der Waals surface area contributed by atoms with Crippen molar-refractivity contribution < 1.29 is 14.3 Å². The second-order valence-electron chi connectivity index (χ2n) is 5.96. The molecule has 2 aromatic carbocycles. The molecule has 0 fully saturated rings. The Balaban J connectivity index is 1.56. The zero-order valence-corrected chi connectivity index (χ0v) is 14.6. The number of carbonyl (C=O) groups excluding carboxylic acids is 2. The summed E-state index contributed by atoms with van der Waals surface area (Å²) in [5, 5.41) is 9.43. The Morgan fingerprint density at radius 2 is 1.81 bits per heavy atom. The van der Waals surface area contributed by atoms with E-state index in [9.17, 15) is 9.59 Å². The number of H-pyrrole nitrogens is 1. The Hall–Kier alpha value is -3.41. The molecule has 26 heavy (non-hydrogen) atoms. The van der Waals surface area contributed by atoms with Crippen molar-refractivity contribution in [2.24, 2.45) is 0 Å². The molecule has 0 aliphatic rings. The number of anilines is 1. The van der Waals surface area contributed by atoms with E-state index in [1.807, 2.05) is 62.4 Å². The first-order valence-electron chi connectivity index (χ1n) is 8.18. The smallest absolute Gasteiger partial charge is 0.356 e. The highest BCUT2D eigenvalue weighted by molar-refractivity contribution is 5.95. The molecular formula is C20H19N3O3. The molecule has 0 saturated heterocycles. The van der Waals surface area contributed by atoms with Crippen LogP contribution in [0.4, 0.5) is 5.69 Å². The Kier molecular flexibility index (Phi) is 5.12. The summed E-state index contributed by atoms with van der Waals surface area (Å²) in [5.41, 5.74) is 4.60. The van der Waals surface area contributed by atoms with Gasteiger partial charge < -0.3 is 10.1 Å². The average molecular weight is 349 g/mol. The molecule has 1 heterocycles. The maximum atomic E-state index is 12.1. The monoisotopic (exact) mass is 349 g/mol. The summed E-state index contributed by atoms with van der Waals surface area (Å²) in [6, 6.07) is 16.7. The third-order valence-electron chi connectivity index (χ3n) is 3.99. The predicted octanol–water partition coefficient (Wildman–Crippen LogP) is 3.49. The second kappa shape index (κ2) is 7.65. The Morgan fingerprint density at radius 1 is 1.04 bits per heavy atom. The first kappa shape index (κ1) is 17.4. The van der Waals surface area contributed by atoms with Gasteiger partial charge in [0, 0.05) is 11.3 Å². The van der Waals surface area contributed by atoms with Gasteiger partial charge >= 0.3 is 5.97 Å². The van der Waals surface area contributed by atoms with E-state index >= 15 is 0 Å². The third-order valence-corrected chi connectivity index (χ3v) is 3.99. The molecule has 0 bridgehead atoms. The van der Waals surface area contributed by atoms with Crippen LogP contribution in [-0.4, -0.2) is 28.7 Å². The van der Waals surface area contributed by atoms with E-state index in [0.717, 1.165) is 16.7 Å². The number of rotatable bonds is 5. The summed E-state index contributed by atoms with van der Waals surface area (Å²) in [4.78, 5) is 24.0. The molecule has 0 aliphatic heterocycles. The van der Waals surface area contributed by atoms with Gasteiger partial charge in [-0.05, 0) is 43.2 Å². The van der Waals surface area contributed by atoms with Gasteiger partial charge in [-0.15, -0.1) is 0 Å². The molecule has 0 aliphatic carbocycles. The van der Waals surface area contributed by atoms with Gasteiger partial charge in [-0.1, -0.05) is 36.4 Å². The molecule has 0 saturated carbocycles. The molecule has 2 N–H and O–H groups in total. The summed E-state index contributed by atoms with van der Waals surface area (Å²) < 4.78 is 5.04. The molecule has 6 heteroatoms.